The average molecular weight is 376 g/mol. The van der Waals surface area contributed by atoms with Crippen LogP contribution >= 0.6 is 0 Å². The van der Waals surface area contributed by atoms with Crippen molar-refractivity contribution in [2.24, 2.45) is 5.10 Å². The van der Waals surface area contributed by atoms with Crippen LogP contribution in [0.4, 0.5) is 5.69 Å². The molecule has 0 spiro atoms. The van der Waals surface area contributed by atoms with Gasteiger partial charge in [0.1, 0.15) is 0 Å². The van der Waals surface area contributed by atoms with Gasteiger partial charge < -0.3 is 0 Å². The van der Waals surface area contributed by atoms with Gasteiger partial charge in [0, 0.05) is 18.6 Å². The molecule has 6 heteroatoms. The molecule has 1 aromatic rings. The second-order valence-electron chi connectivity index (χ2n) is 6.93. The third kappa shape index (κ3) is 11.9. The molecule has 0 radical (unpaired) electrons. The van der Waals surface area contributed by atoms with Gasteiger partial charge in [-0.2, -0.15) is 5.10 Å². The van der Waals surface area contributed by atoms with Gasteiger partial charge in [0.2, 0.25) is 5.91 Å². The summed E-state index contributed by atoms with van der Waals surface area (Å²) in [5.41, 5.74) is 3.24. The van der Waals surface area contributed by atoms with Crippen LogP contribution in [0.3, 0.4) is 0 Å². The molecule has 0 fully saturated rings. The van der Waals surface area contributed by atoms with Gasteiger partial charge in [0.25, 0.3) is 5.69 Å². The number of benzene rings is 1. The number of rotatable bonds is 15. The van der Waals surface area contributed by atoms with E-state index in [1.54, 1.807) is 12.1 Å². The van der Waals surface area contributed by atoms with Crippen molar-refractivity contribution in [1.29, 1.82) is 0 Å². The summed E-state index contributed by atoms with van der Waals surface area (Å²) in [4.78, 5) is 21.9. The minimum Gasteiger partial charge on any atom is -0.273 e. The maximum atomic E-state index is 11.7. The molecule has 0 heterocycles. The predicted molar refractivity (Wildman–Crippen MR) is 110 cm³/mol. The molecular formula is C21H33N3O3. The summed E-state index contributed by atoms with van der Waals surface area (Å²) in [6.45, 7) is 2.24. The summed E-state index contributed by atoms with van der Waals surface area (Å²) in [5, 5.41) is 14.5. The van der Waals surface area contributed by atoms with Crippen molar-refractivity contribution in [2.75, 3.05) is 0 Å². The first kappa shape index (κ1) is 22.8. The van der Waals surface area contributed by atoms with Crippen LogP contribution in [0.5, 0.6) is 0 Å². The quantitative estimate of drug-likeness (QED) is 0.183. The minimum absolute atomic E-state index is 0.0349. The second kappa shape index (κ2) is 14.9. The van der Waals surface area contributed by atoms with Crippen LogP contribution in [-0.2, 0) is 4.79 Å². The monoisotopic (exact) mass is 375 g/mol. The van der Waals surface area contributed by atoms with E-state index in [2.05, 4.69) is 17.5 Å². The lowest BCUT2D eigenvalue weighted by Gasteiger charge is -2.02. The van der Waals surface area contributed by atoms with E-state index in [-0.39, 0.29) is 11.6 Å². The van der Waals surface area contributed by atoms with Crippen molar-refractivity contribution >= 4 is 17.8 Å². The fourth-order valence-electron chi connectivity index (χ4n) is 2.87. The summed E-state index contributed by atoms with van der Waals surface area (Å²) in [6.07, 6.45) is 15.8. The topological polar surface area (TPSA) is 84.6 Å². The van der Waals surface area contributed by atoms with Crippen LogP contribution in [0.25, 0.3) is 0 Å². The summed E-state index contributed by atoms with van der Waals surface area (Å²) in [7, 11) is 0. The van der Waals surface area contributed by atoms with Crippen LogP contribution in [0.2, 0.25) is 0 Å². The molecule has 0 bridgehead atoms. The smallest absolute Gasteiger partial charge is 0.269 e. The largest absolute Gasteiger partial charge is 0.273 e. The summed E-state index contributed by atoms with van der Waals surface area (Å²) in [5.74, 6) is -0.0934. The highest BCUT2D eigenvalue weighted by atomic mass is 16.6. The van der Waals surface area contributed by atoms with Gasteiger partial charge in [0.05, 0.1) is 11.1 Å². The number of nitrogens with one attached hydrogen (secondary N) is 1. The number of carbonyl (C=O) groups excluding carboxylic acids is 1. The van der Waals surface area contributed by atoms with Gasteiger partial charge in [-0.25, -0.2) is 5.43 Å². The Hall–Kier alpha value is -2.24. The fraction of sp³-hybridized carbons (Fsp3) is 0.619. The third-order valence-electron chi connectivity index (χ3n) is 4.51. The number of nitrogens with zero attached hydrogens (tertiary/aromatic N) is 2. The van der Waals surface area contributed by atoms with E-state index in [0.29, 0.717) is 12.0 Å². The highest BCUT2D eigenvalue weighted by molar-refractivity contribution is 5.82. The molecule has 0 aromatic heterocycles. The molecule has 150 valence electrons. The summed E-state index contributed by atoms with van der Waals surface area (Å²) in [6, 6.07) is 6.01. The normalized spacial score (nSPS) is 11.0. The van der Waals surface area contributed by atoms with Crippen LogP contribution < -0.4 is 5.43 Å². The highest BCUT2D eigenvalue weighted by Crippen LogP contribution is 2.12. The van der Waals surface area contributed by atoms with E-state index in [4.69, 9.17) is 0 Å². The molecule has 1 amide bonds. The number of non-ortho nitro benzene ring substituents is 1. The second-order valence-corrected chi connectivity index (χ2v) is 6.93. The van der Waals surface area contributed by atoms with Crippen molar-refractivity contribution < 1.29 is 9.72 Å². The lowest BCUT2D eigenvalue weighted by molar-refractivity contribution is -0.384. The molecule has 1 N–H and O–H groups in total. The molecule has 0 aliphatic rings. The third-order valence-corrected chi connectivity index (χ3v) is 4.51. The van der Waals surface area contributed by atoms with Gasteiger partial charge in [-0.15, -0.1) is 0 Å². The van der Waals surface area contributed by atoms with E-state index >= 15 is 0 Å². The first-order chi connectivity index (χ1) is 13.1. The first-order valence-corrected chi connectivity index (χ1v) is 10.2. The average Bonchev–Trinajstić information content (AvgIpc) is 2.66. The van der Waals surface area contributed by atoms with Crippen LogP contribution in [0.15, 0.2) is 29.4 Å². The number of nitro groups is 1. The lowest BCUT2D eigenvalue weighted by atomic mass is 10.1. The van der Waals surface area contributed by atoms with Crippen LogP contribution in [-0.4, -0.2) is 17.0 Å². The van der Waals surface area contributed by atoms with Crippen molar-refractivity contribution in [2.45, 2.75) is 84.0 Å². The number of nitro benzene ring substituents is 1. The van der Waals surface area contributed by atoms with Crippen molar-refractivity contribution in [3.05, 3.63) is 39.9 Å². The Morgan fingerprint density at radius 2 is 1.48 bits per heavy atom. The van der Waals surface area contributed by atoms with Gasteiger partial charge in [-0.1, -0.05) is 71.1 Å². The fourth-order valence-corrected chi connectivity index (χ4v) is 2.87. The number of unbranched alkanes of at least 4 members (excludes halogenated alkanes) is 10. The lowest BCUT2D eigenvalue weighted by Crippen LogP contribution is -2.16. The van der Waals surface area contributed by atoms with Crippen LogP contribution in [0, 0.1) is 10.1 Å². The molecular weight excluding hydrogens is 342 g/mol. The molecule has 1 aromatic carbocycles. The molecule has 6 nitrogen and oxygen atoms in total. The number of hydrazone groups is 1. The Labute approximate surface area is 162 Å². The zero-order chi connectivity index (χ0) is 19.7. The SMILES string of the molecule is CCCCCCCCCCCCCC(=O)N/N=C/c1ccc([N+](=O)[O-])cc1. The maximum absolute atomic E-state index is 11.7. The minimum atomic E-state index is -0.448. The predicted octanol–water partition coefficient (Wildman–Crippen LogP) is 5.75. The van der Waals surface area contributed by atoms with Crippen molar-refractivity contribution in [3.8, 4) is 0 Å². The molecule has 0 saturated heterocycles. The molecule has 0 aliphatic carbocycles. The Morgan fingerprint density at radius 1 is 0.963 bits per heavy atom. The van der Waals surface area contributed by atoms with Crippen molar-refractivity contribution in [1.82, 2.24) is 5.43 Å². The molecule has 0 aliphatic heterocycles. The Balaban J connectivity index is 2.00. The highest BCUT2D eigenvalue weighted by Gasteiger charge is 2.03. The van der Waals surface area contributed by atoms with E-state index in [0.717, 1.165) is 12.8 Å². The molecule has 1 rings (SSSR count). The Bertz CT molecular complexity index is 571. The number of carbonyl (C=O) groups is 1. The number of hydrogen-bond acceptors (Lipinski definition) is 4. The van der Waals surface area contributed by atoms with Crippen LogP contribution in [0.1, 0.15) is 89.5 Å². The number of hydrogen-bond donors (Lipinski definition) is 1. The van der Waals surface area contributed by atoms with Crippen molar-refractivity contribution in [3.63, 3.8) is 0 Å². The Morgan fingerprint density at radius 3 is 2.00 bits per heavy atom. The van der Waals surface area contributed by atoms with E-state index in [1.165, 1.54) is 76.1 Å². The molecule has 0 unspecified atom stereocenters. The zero-order valence-corrected chi connectivity index (χ0v) is 16.5. The van der Waals surface area contributed by atoms with Gasteiger partial charge in [-0.3, -0.25) is 14.9 Å². The van der Waals surface area contributed by atoms with E-state index in [9.17, 15) is 14.9 Å². The van der Waals surface area contributed by atoms with Gasteiger partial charge >= 0.3 is 0 Å². The summed E-state index contributed by atoms with van der Waals surface area (Å²) >= 11 is 0. The Kier molecular flexibility index (Phi) is 12.6. The standard InChI is InChI=1S/C21H33N3O3/c1-2-3-4-5-6-7-8-9-10-11-12-13-21(25)23-22-18-19-14-16-20(17-15-19)24(26)27/h14-18H,2-13H2,1H3,(H,23,25)/b22-18+. The number of amides is 1. The molecule has 27 heavy (non-hydrogen) atoms. The zero-order valence-electron chi connectivity index (χ0n) is 16.5. The van der Waals surface area contributed by atoms with E-state index < -0.39 is 4.92 Å². The maximum Gasteiger partial charge on any atom is 0.269 e. The van der Waals surface area contributed by atoms with Gasteiger partial charge in [0.15, 0.2) is 0 Å². The molecule has 0 saturated carbocycles. The first-order valence-electron chi connectivity index (χ1n) is 10.2. The van der Waals surface area contributed by atoms with E-state index in [1.807, 2.05) is 0 Å². The molecule has 0 atom stereocenters. The summed E-state index contributed by atoms with van der Waals surface area (Å²) < 4.78 is 0. The van der Waals surface area contributed by atoms with Gasteiger partial charge in [-0.05, 0) is 24.1 Å².